The van der Waals surface area contributed by atoms with E-state index in [1.165, 1.54) is 18.5 Å². The lowest BCUT2D eigenvalue weighted by atomic mass is 10.2. The molecule has 5 nitrogen and oxygen atoms in total. The Morgan fingerprint density at radius 1 is 1.00 bits per heavy atom. The number of methoxy groups -OCH3 is 2. The quantitative estimate of drug-likeness (QED) is 0.749. The van der Waals surface area contributed by atoms with Crippen LogP contribution in [0.3, 0.4) is 0 Å². The lowest BCUT2D eigenvalue weighted by molar-refractivity contribution is 0.355. The van der Waals surface area contributed by atoms with Crippen molar-refractivity contribution < 1.29 is 17.9 Å². The molecule has 0 aromatic heterocycles. The molecule has 0 aliphatic carbocycles. The molecule has 2 rings (SSSR count). The van der Waals surface area contributed by atoms with Gasteiger partial charge in [0.25, 0.3) is 0 Å². The molecule has 0 saturated carbocycles. The molecule has 0 aliphatic rings. The first-order chi connectivity index (χ1) is 11.3. The molecule has 0 unspecified atom stereocenters. The average molecular weight is 390 g/mol. The van der Waals surface area contributed by atoms with E-state index in [1.807, 2.05) is 0 Å². The van der Waals surface area contributed by atoms with E-state index in [0.717, 1.165) is 6.26 Å². The number of benzene rings is 2. The van der Waals surface area contributed by atoms with Gasteiger partial charge in [-0.25, -0.2) is 8.42 Å². The van der Waals surface area contributed by atoms with Crippen LogP contribution in [0.25, 0.3) is 0 Å². The second kappa shape index (κ2) is 7.51. The van der Waals surface area contributed by atoms with Gasteiger partial charge in [0, 0.05) is 16.1 Å². The van der Waals surface area contributed by atoms with Gasteiger partial charge in [-0.15, -0.1) is 0 Å². The van der Waals surface area contributed by atoms with Crippen LogP contribution >= 0.6 is 23.2 Å². The lowest BCUT2D eigenvalue weighted by Crippen LogP contribution is -2.29. The molecular formula is C16H17Cl2NO4S. The molecule has 2 aromatic carbocycles. The van der Waals surface area contributed by atoms with Crippen LogP contribution in [-0.4, -0.2) is 28.9 Å². The van der Waals surface area contributed by atoms with E-state index >= 15 is 0 Å². The third-order valence-electron chi connectivity index (χ3n) is 3.38. The van der Waals surface area contributed by atoms with Gasteiger partial charge in [0.15, 0.2) is 11.5 Å². The van der Waals surface area contributed by atoms with Crippen LogP contribution in [0.5, 0.6) is 11.5 Å². The molecule has 0 aliphatic heterocycles. The Kier molecular flexibility index (Phi) is 5.85. The van der Waals surface area contributed by atoms with Crippen molar-refractivity contribution in [3.8, 4) is 11.5 Å². The minimum absolute atomic E-state index is 0.0737. The van der Waals surface area contributed by atoms with Gasteiger partial charge < -0.3 is 9.47 Å². The third-order valence-corrected chi connectivity index (χ3v) is 5.11. The number of sulfonamides is 1. The maximum Gasteiger partial charge on any atom is 0.232 e. The first-order valence-electron chi connectivity index (χ1n) is 6.90. The van der Waals surface area contributed by atoms with Crippen LogP contribution < -0.4 is 13.8 Å². The van der Waals surface area contributed by atoms with E-state index in [0.29, 0.717) is 32.8 Å². The fourth-order valence-corrected chi connectivity index (χ4v) is 3.52. The van der Waals surface area contributed by atoms with Gasteiger partial charge in [0.1, 0.15) is 0 Å². The van der Waals surface area contributed by atoms with Crippen LogP contribution in [0.1, 0.15) is 5.56 Å². The SMILES string of the molecule is COc1ccc(N(Cc2ccc(Cl)cc2Cl)S(C)(=O)=O)cc1OC. The number of nitrogens with zero attached hydrogens (tertiary/aromatic N) is 1. The minimum Gasteiger partial charge on any atom is -0.493 e. The summed E-state index contributed by atoms with van der Waals surface area (Å²) in [6.07, 6.45) is 1.13. The Morgan fingerprint density at radius 2 is 1.67 bits per heavy atom. The molecule has 0 spiro atoms. The van der Waals surface area contributed by atoms with Crippen LogP contribution in [-0.2, 0) is 16.6 Å². The zero-order valence-electron chi connectivity index (χ0n) is 13.4. The van der Waals surface area contributed by atoms with Crippen LogP contribution in [0.15, 0.2) is 36.4 Å². The summed E-state index contributed by atoms with van der Waals surface area (Å²) in [5.74, 6) is 0.949. The van der Waals surface area contributed by atoms with Crippen molar-refractivity contribution in [2.45, 2.75) is 6.54 Å². The summed E-state index contributed by atoms with van der Waals surface area (Å²) in [4.78, 5) is 0. The molecule has 0 fully saturated rings. The predicted octanol–water partition coefficient (Wildman–Crippen LogP) is 3.98. The summed E-state index contributed by atoms with van der Waals surface area (Å²) < 4.78 is 36.2. The number of ether oxygens (including phenoxy) is 2. The monoisotopic (exact) mass is 389 g/mol. The molecule has 0 saturated heterocycles. The highest BCUT2D eigenvalue weighted by Crippen LogP contribution is 2.34. The van der Waals surface area contributed by atoms with Gasteiger partial charge in [-0.2, -0.15) is 0 Å². The molecule has 0 N–H and O–H groups in total. The van der Waals surface area contributed by atoms with Crippen molar-refractivity contribution in [1.82, 2.24) is 0 Å². The van der Waals surface area contributed by atoms with E-state index in [2.05, 4.69) is 0 Å². The number of hydrogen-bond donors (Lipinski definition) is 0. The molecule has 130 valence electrons. The number of halogens is 2. The molecule has 8 heteroatoms. The molecule has 2 aromatic rings. The standard InChI is InChI=1S/C16H17Cl2NO4S/c1-22-15-7-6-13(9-16(15)23-2)19(24(3,20)21)10-11-4-5-12(17)8-14(11)18/h4-9H,10H2,1-3H3. The highest BCUT2D eigenvalue weighted by Gasteiger charge is 2.21. The molecular weight excluding hydrogens is 373 g/mol. The van der Waals surface area contributed by atoms with Crippen molar-refractivity contribution in [3.63, 3.8) is 0 Å². The van der Waals surface area contributed by atoms with Gasteiger partial charge in [-0.1, -0.05) is 29.3 Å². The highest BCUT2D eigenvalue weighted by atomic mass is 35.5. The Labute approximate surface area is 151 Å². The average Bonchev–Trinajstić information content (AvgIpc) is 2.52. The smallest absolute Gasteiger partial charge is 0.232 e. The van der Waals surface area contributed by atoms with Crippen molar-refractivity contribution in [2.75, 3.05) is 24.8 Å². The van der Waals surface area contributed by atoms with Gasteiger partial charge in [-0.3, -0.25) is 4.31 Å². The molecule has 0 heterocycles. The Balaban J connectivity index is 2.47. The van der Waals surface area contributed by atoms with Gasteiger partial charge >= 0.3 is 0 Å². The van der Waals surface area contributed by atoms with E-state index in [4.69, 9.17) is 32.7 Å². The van der Waals surface area contributed by atoms with Gasteiger partial charge in [0.2, 0.25) is 10.0 Å². The predicted molar refractivity (Wildman–Crippen MR) is 97.0 cm³/mol. The van der Waals surface area contributed by atoms with E-state index in [-0.39, 0.29) is 6.54 Å². The maximum absolute atomic E-state index is 12.3. The van der Waals surface area contributed by atoms with Gasteiger partial charge in [-0.05, 0) is 29.8 Å². The van der Waals surface area contributed by atoms with Crippen molar-refractivity contribution >= 4 is 38.9 Å². The van der Waals surface area contributed by atoms with Crippen molar-refractivity contribution in [2.24, 2.45) is 0 Å². The fraction of sp³-hybridized carbons (Fsp3) is 0.250. The second-order valence-corrected chi connectivity index (χ2v) is 7.80. The maximum atomic E-state index is 12.3. The molecule has 0 radical (unpaired) electrons. The Hall–Kier alpha value is -1.63. The number of anilines is 1. The lowest BCUT2D eigenvalue weighted by Gasteiger charge is -2.24. The second-order valence-electron chi connectivity index (χ2n) is 5.04. The Morgan fingerprint density at radius 3 is 2.21 bits per heavy atom. The van der Waals surface area contributed by atoms with Crippen LogP contribution in [0, 0.1) is 0 Å². The molecule has 24 heavy (non-hydrogen) atoms. The van der Waals surface area contributed by atoms with E-state index in [1.54, 1.807) is 36.4 Å². The summed E-state index contributed by atoms with van der Waals surface area (Å²) in [5.41, 5.74) is 1.09. The summed E-state index contributed by atoms with van der Waals surface area (Å²) in [5, 5.41) is 0.886. The third kappa shape index (κ3) is 4.26. The molecule has 0 bridgehead atoms. The normalized spacial score (nSPS) is 11.2. The summed E-state index contributed by atoms with van der Waals surface area (Å²) in [7, 11) is -0.540. The molecule has 0 amide bonds. The van der Waals surface area contributed by atoms with E-state index in [9.17, 15) is 8.42 Å². The van der Waals surface area contributed by atoms with Crippen LogP contribution in [0.4, 0.5) is 5.69 Å². The van der Waals surface area contributed by atoms with Gasteiger partial charge in [0.05, 0.1) is 32.7 Å². The number of hydrogen-bond acceptors (Lipinski definition) is 4. The summed E-state index contributed by atoms with van der Waals surface area (Å²) in [6, 6.07) is 9.83. The highest BCUT2D eigenvalue weighted by molar-refractivity contribution is 7.92. The first kappa shape index (κ1) is 18.7. The van der Waals surface area contributed by atoms with Crippen molar-refractivity contribution in [3.05, 3.63) is 52.0 Å². The first-order valence-corrected chi connectivity index (χ1v) is 9.50. The zero-order chi connectivity index (χ0) is 17.9. The van der Waals surface area contributed by atoms with Crippen LogP contribution in [0.2, 0.25) is 10.0 Å². The van der Waals surface area contributed by atoms with E-state index < -0.39 is 10.0 Å². The zero-order valence-corrected chi connectivity index (χ0v) is 15.7. The summed E-state index contributed by atoms with van der Waals surface area (Å²) >= 11 is 12.1. The number of rotatable bonds is 6. The van der Waals surface area contributed by atoms with Crippen molar-refractivity contribution in [1.29, 1.82) is 0 Å². The fourth-order valence-electron chi connectivity index (χ4n) is 2.18. The summed E-state index contributed by atoms with van der Waals surface area (Å²) in [6.45, 7) is 0.0737. The largest absolute Gasteiger partial charge is 0.493 e. The topological polar surface area (TPSA) is 55.8 Å². The Bertz CT molecular complexity index is 840. The minimum atomic E-state index is -3.54. The molecule has 0 atom stereocenters.